The molecular formula is C10H15O4P. The zero-order chi connectivity index (χ0) is 11.7. The zero-order valence-corrected chi connectivity index (χ0v) is 9.32. The molecule has 0 saturated heterocycles. The van der Waals surface area contributed by atoms with E-state index in [0.29, 0.717) is 25.7 Å². The summed E-state index contributed by atoms with van der Waals surface area (Å²) in [4.78, 5) is 16.8. The SMILES string of the molecule is C#CCC(CC#C)CCCOP(=O)(O)O. The van der Waals surface area contributed by atoms with Gasteiger partial charge in [0.2, 0.25) is 0 Å². The highest BCUT2D eigenvalue weighted by Gasteiger charge is 2.13. The van der Waals surface area contributed by atoms with Crippen LogP contribution in [0.4, 0.5) is 0 Å². The Balaban J connectivity index is 3.68. The van der Waals surface area contributed by atoms with Crippen molar-refractivity contribution in [2.45, 2.75) is 25.7 Å². The average molecular weight is 230 g/mol. The van der Waals surface area contributed by atoms with E-state index in [2.05, 4.69) is 16.4 Å². The Morgan fingerprint density at radius 2 is 1.80 bits per heavy atom. The van der Waals surface area contributed by atoms with Crippen molar-refractivity contribution >= 4 is 7.82 Å². The summed E-state index contributed by atoms with van der Waals surface area (Å²) in [7, 11) is -4.34. The van der Waals surface area contributed by atoms with E-state index in [9.17, 15) is 4.57 Å². The van der Waals surface area contributed by atoms with E-state index in [1.807, 2.05) is 0 Å². The van der Waals surface area contributed by atoms with Crippen molar-refractivity contribution in [1.29, 1.82) is 0 Å². The minimum atomic E-state index is -4.34. The number of hydrogen-bond acceptors (Lipinski definition) is 2. The van der Waals surface area contributed by atoms with Crippen LogP contribution in [0.2, 0.25) is 0 Å². The molecule has 0 saturated carbocycles. The zero-order valence-electron chi connectivity index (χ0n) is 8.43. The van der Waals surface area contributed by atoms with Gasteiger partial charge >= 0.3 is 7.82 Å². The lowest BCUT2D eigenvalue weighted by atomic mass is 9.97. The molecule has 0 amide bonds. The highest BCUT2D eigenvalue weighted by Crippen LogP contribution is 2.35. The molecule has 84 valence electrons. The van der Waals surface area contributed by atoms with E-state index in [4.69, 9.17) is 22.6 Å². The molecule has 15 heavy (non-hydrogen) atoms. The molecule has 0 aromatic carbocycles. The highest BCUT2D eigenvalue weighted by atomic mass is 31.2. The van der Waals surface area contributed by atoms with Gasteiger partial charge in [-0.2, -0.15) is 0 Å². The van der Waals surface area contributed by atoms with Crippen LogP contribution < -0.4 is 0 Å². The summed E-state index contributed by atoms with van der Waals surface area (Å²) in [5.41, 5.74) is 0. The van der Waals surface area contributed by atoms with Gasteiger partial charge in [0.1, 0.15) is 0 Å². The second-order valence-electron chi connectivity index (χ2n) is 3.15. The van der Waals surface area contributed by atoms with Crippen molar-refractivity contribution in [1.82, 2.24) is 0 Å². The molecule has 2 N–H and O–H groups in total. The first-order chi connectivity index (χ1) is 6.99. The summed E-state index contributed by atoms with van der Waals surface area (Å²) in [5, 5.41) is 0. The fourth-order valence-electron chi connectivity index (χ4n) is 1.17. The third-order valence-corrected chi connectivity index (χ3v) is 2.35. The smallest absolute Gasteiger partial charge is 0.303 e. The number of rotatable bonds is 7. The summed E-state index contributed by atoms with van der Waals surface area (Å²) in [6.45, 7) is 0.0237. The van der Waals surface area contributed by atoms with Crippen molar-refractivity contribution in [3.8, 4) is 24.7 Å². The number of phosphoric acid groups is 1. The summed E-state index contributed by atoms with van der Waals surface area (Å²) in [6.07, 6.45) is 12.7. The van der Waals surface area contributed by atoms with Gasteiger partial charge in [0.25, 0.3) is 0 Å². The van der Waals surface area contributed by atoms with Crippen LogP contribution in [-0.4, -0.2) is 16.4 Å². The molecule has 0 aliphatic rings. The number of phosphoric ester groups is 1. The van der Waals surface area contributed by atoms with E-state index in [1.54, 1.807) is 0 Å². The van der Waals surface area contributed by atoms with Crippen molar-refractivity contribution < 1.29 is 18.9 Å². The van der Waals surface area contributed by atoms with Gasteiger partial charge < -0.3 is 9.79 Å². The molecule has 0 aromatic heterocycles. The van der Waals surface area contributed by atoms with Gasteiger partial charge in [-0.3, -0.25) is 4.52 Å². The Hall–Kier alpha value is -0.770. The van der Waals surface area contributed by atoms with Crippen LogP contribution in [0.5, 0.6) is 0 Å². The molecule has 0 unspecified atom stereocenters. The first-order valence-electron chi connectivity index (χ1n) is 4.56. The molecule has 0 atom stereocenters. The van der Waals surface area contributed by atoms with Crippen molar-refractivity contribution in [3.63, 3.8) is 0 Å². The lowest BCUT2D eigenvalue weighted by molar-refractivity contribution is 0.190. The molecular weight excluding hydrogens is 215 g/mol. The molecule has 0 aromatic rings. The Morgan fingerprint density at radius 3 is 2.20 bits per heavy atom. The maximum Gasteiger partial charge on any atom is 0.469 e. The normalized spacial score (nSPS) is 11.0. The third-order valence-electron chi connectivity index (χ3n) is 1.83. The minimum absolute atomic E-state index is 0.0237. The standard InChI is InChI=1S/C10H15O4P/c1-3-6-10(7-4-2)8-5-9-14-15(11,12)13/h1-2,10H,5-9H2,(H2,11,12,13). The first-order valence-corrected chi connectivity index (χ1v) is 6.09. The summed E-state index contributed by atoms with van der Waals surface area (Å²) >= 11 is 0. The topological polar surface area (TPSA) is 66.8 Å². The van der Waals surface area contributed by atoms with Gasteiger partial charge in [-0.1, -0.05) is 0 Å². The Labute approximate surface area is 90.3 Å². The lowest BCUT2D eigenvalue weighted by Gasteiger charge is -2.10. The fraction of sp³-hybridized carbons (Fsp3) is 0.600. The monoisotopic (exact) mass is 230 g/mol. The van der Waals surface area contributed by atoms with Gasteiger partial charge in [0.15, 0.2) is 0 Å². The van der Waals surface area contributed by atoms with Crippen LogP contribution in [0.3, 0.4) is 0 Å². The molecule has 0 radical (unpaired) electrons. The summed E-state index contributed by atoms with van der Waals surface area (Å²) < 4.78 is 14.6. The molecule has 0 heterocycles. The molecule has 0 bridgehead atoms. The third kappa shape index (κ3) is 9.53. The molecule has 0 spiro atoms. The van der Waals surface area contributed by atoms with E-state index >= 15 is 0 Å². The van der Waals surface area contributed by atoms with Gasteiger partial charge in [-0.25, -0.2) is 4.57 Å². The average Bonchev–Trinajstić information content (AvgIpc) is 2.11. The van der Waals surface area contributed by atoms with E-state index < -0.39 is 7.82 Å². The van der Waals surface area contributed by atoms with Crippen LogP contribution in [0.15, 0.2) is 0 Å². The van der Waals surface area contributed by atoms with Crippen LogP contribution in [0.25, 0.3) is 0 Å². The van der Waals surface area contributed by atoms with Gasteiger partial charge in [-0.05, 0) is 18.8 Å². The van der Waals surface area contributed by atoms with Gasteiger partial charge in [0, 0.05) is 12.8 Å². The van der Waals surface area contributed by atoms with Crippen LogP contribution in [0.1, 0.15) is 25.7 Å². The van der Waals surface area contributed by atoms with Crippen LogP contribution in [0, 0.1) is 30.6 Å². The van der Waals surface area contributed by atoms with Crippen LogP contribution in [-0.2, 0) is 9.09 Å². The number of hydrogen-bond donors (Lipinski definition) is 2. The molecule has 0 rings (SSSR count). The molecule has 4 nitrogen and oxygen atoms in total. The fourth-order valence-corrected chi connectivity index (χ4v) is 1.53. The van der Waals surface area contributed by atoms with Gasteiger partial charge in [0.05, 0.1) is 6.61 Å². The second-order valence-corrected chi connectivity index (χ2v) is 4.39. The van der Waals surface area contributed by atoms with E-state index in [1.165, 1.54) is 0 Å². The van der Waals surface area contributed by atoms with Crippen LogP contribution >= 0.6 is 7.82 Å². The maximum atomic E-state index is 10.3. The predicted molar refractivity (Wildman–Crippen MR) is 57.6 cm³/mol. The maximum absolute atomic E-state index is 10.3. The summed E-state index contributed by atoms with van der Waals surface area (Å²) in [5.74, 6) is 5.25. The first kappa shape index (κ1) is 14.2. The van der Waals surface area contributed by atoms with Crippen molar-refractivity contribution in [2.75, 3.05) is 6.61 Å². The molecule has 0 fully saturated rings. The molecule has 0 aliphatic heterocycles. The van der Waals surface area contributed by atoms with Crippen molar-refractivity contribution in [2.24, 2.45) is 5.92 Å². The van der Waals surface area contributed by atoms with E-state index in [0.717, 1.165) is 0 Å². The molecule has 0 aliphatic carbocycles. The largest absolute Gasteiger partial charge is 0.469 e. The molecule has 5 heteroatoms. The second kappa shape index (κ2) is 7.51. The van der Waals surface area contributed by atoms with E-state index in [-0.39, 0.29) is 12.5 Å². The minimum Gasteiger partial charge on any atom is -0.303 e. The van der Waals surface area contributed by atoms with Gasteiger partial charge in [-0.15, -0.1) is 24.7 Å². The Kier molecular flexibility index (Phi) is 7.13. The highest BCUT2D eigenvalue weighted by molar-refractivity contribution is 7.46. The quantitative estimate of drug-likeness (QED) is 0.395. The lowest BCUT2D eigenvalue weighted by Crippen LogP contribution is -2.01. The van der Waals surface area contributed by atoms with Crippen molar-refractivity contribution in [3.05, 3.63) is 0 Å². The number of terminal acetylenes is 2. The summed E-state index contributed by atoms with van der Waals surface area (Å²) in [6, 6.07) is 0. The predicted octanol–water partition coefficient (Wildman–Crippen LogP) is 1.54. The Bertz CT molecular complexity index is 278. The Morgan fingerprint density at radius 1 is 1.27 bits per heavy atom.